The van der Waals surface area contributed by atoms with Crippen LogP contribution in [-0.4, -0.2) is 0 Å². The van der Waals surface area contributed by atoms with Gasteiger partial charge in [-0.05, 0) is 103 Å². The Morgan fingerprint density at radius 1 is 0.305 bits per heavy atom. The molecule has 0 aromatic heterocycles. The van der Waals surface area contributed by atoms with Gasteiger partial charge in [-0.25, -0.2) is 0 Å². The topological polar surface area (TPSA) is 3.24 Å². The standard InChI is InChI=1S/C58H43N/c1-57(2)52-27-15-12-25-48(52)50-38-45(34-36-53(50)57)59(56-29-17-14-24-47(56)42-32-30-41(31-33-42)40-18-6-3-7-19-40)46-35-37-55-51(39-46)49-26-13-16-28-54(49)58(55,43-20-8-4-9-21-43)44-22-10-5-11-23-44/h3-39H,1-2H3. The summed E-state index contributed by atoms with van der Waals surface area (Å²) in [5.41, 5.74) is 20.7. The van der Waals surface area contributed by atoms with E-state index in [4.69, 9.17) is 0 Å². The van der Waals surface area contributed by atoms with Gasteiger partial charge in [-0.2, -0.15) is 0 Å². The smallest absolute Gasteiger partial charge is 0.0713 e. The van der Waals surface area contributed by atoms with E-state index in [1.165, 1.54) is 77.9 Å². The average Bonchev–Trinajstić information content (AvgIpc) is 3.73. The summed E-state index contributed by atoms with van der Waals surface area (Å²) in [5.74, 6) is 0. The highest BCUT2D eigenvalue weighted by Crippen LogP contribution is 2.58. The van der Waals surface area contributed by atoms with Crippen molar-refractivity contribution >= 4 is 17.1 Å². The van der Waals surface area contributed by atoms with Gasteiger partial charge in [-0.3, -0.25) is 0 Å². The first-order chi connectivity index (χ1) is 29.0. The minimum Gasteiger partial charge on any atom is -0.310 e. The van der Waals surface area contributed by atoms with E-state index in [9.17, 15) is 0 Å². The van der Waals surface area contributed by atoms with Crippen LogP contribution in [0.1, 0.15) is 47.2 Å². The highest BCUT2D eigenvalue weighted by Gasteiger charge is 2.46. The number of rotatable bonds is 7. The third kappa shape index (κ3) is 5.39. The van der Waals surface area contributed by atoms with Crippen molar-refractivity contribution in [3.8, 4) is 44.5 Å². The normalized spacial score (nSPS) is 13.9. The molecule has 0 unspecified atom stereocenters. The third-order valence-corrected chi connectivity index (χ3v) is 13.0. The molecule has 11 rings (SSSR count). The molecule has 0 bridgehead atoms. The molecular weight excluding hydrogens is 711 g/mol. The molecule has 0 saturated carbocycles. The molecule has 0 aliphatic heterocycles. The lowest BCUT2D eigenvalue weighted by Gasteiger charge is -2.34. The highest BCUT2D eigenvalue weighted by molar-refractivity contribution is 5.94. The van der Waals surface area contributed by atoms with E-state index in [1.54, 1.807) is 0 Å². The van der Waals surface area contributed by atoms with Gasteiger partial charge < -0.3 is 4.90 Å². The van der Waals surface area contributed by atoms with Gasteiger partial charge in [0.2, 0.25) is 0 Å². The lowest BCUT2D eigenvalue weighted by Crippen LogP contribution is -2.28. The van der Waals surface area contributed by atoms with Gasteiger partial charge in [-0.15, -0.1) is 0 Å². The molecule has 2 aliphatic rings. The van der Waals surface area contributed by atoms with Crippen LogP contribution in [0.25, 0.3) is 44.5 Å². The summed E-state index contributed by atoms with van der Waals surface area (Å²) in [7, 11) is 0. The molecule has 0 fully saturated rings. The molecule has 9 aromatic carbocycles. The lowest BCUT2D eigenvalue weighted by molar-refractivity contribution is 0.660. The zero-order chi connectivity index (χ0) is 39.6. The Morgan fingerprint density at radius 3 is 1.34 bits per heavy atom. The highest BCUT2D eigenvalue weighted by atomic mass is 15.1. The number of fused-ring (bicyclic) bond motifs is 6. The fraction of sp³-hybridized carbons (Fsp3) is 0.0690. The van der Waals surface area contributed by atoms with Gasteiger partial charge in [0.15, 0.2) is 0 Å². The van der Waals surface area contributed by atoms with E-state index in [1.807, 2.05) is 0 Å². The van der Waals surface area contributed by atoms with Crippen molar-refractivity contribution in [2.75, 3.05) is 4.90 Å². The van der Waals surface area contributed by atoms with Gasteiger partial charge in [0, 0.05) is 22.4 Å². The van der Waals surface area contributed by atoms with Crippen LogP contribution in [0.2, 0.25) is 0 Å². The number of nitrogens with zero attached hydrogens (tertiary/aromatic N) is 1. The van der Waals surface area contributed by atoms with E-state index in [0.29, 0.717) is 0 Å². The Labute approximate surface area is 347 Å². The van der Waals surface area contributed by atoms with Crippen molar-refractivity contribution in [1.29, 1.82) is 0 Å². The second-order valence-corrected chi connectivity index (χ2v) is 16.5. The summed E-state index contributed by atoms with van der Waals surface area (Å²) in [6.07, 6.45) is 0. The van der Waals surface area contributed by atoms with Gasteiger partial charge in [0.25, 0.3) is 0 Å². The number of benzene rings is 9. The maximum absolute atomic E-state index is 2.49. The second-order valence-electron chi connectivity index (χ2n) is 16.5. The van der Waals surface area contributed by atoms with Crippen molar-refractivity contribution in [3.63, 3.8) is 0 Å². The van der Waals surface area contributed by atoms with Crippen LogP contribution in [-0.2, 0) is 10.8 Å². The summed E-state index contributed by atoms with van der Waals surface area (Å²) in [4.78, 5) is 2.49. The number of anilines is 3. The summed E-state index contributed by atoms with van der Waals surface area (Å²) < 4.78 is 0. The van der Waals surface area contributed by atoms with Crippen LogP contribution >= 0.6 is 0 Å². The number of hydrogen-bond donors (Lipinski definition) is 0. The van der Waals surface area contributed by atoms with E-state index in [2.05, 4.69) is 243 Å². The number of para-hydroxylation sites is 1. The van der Waals surface area contributed by atoms with Crippen LogP contribution in [0, 0.1) is 0 Å². The average molecular weight is 754 g/mol. The fourth-order valence-electron chi connectivity index (χ4n) is 10.2. The van der Waals surface area contributed by atoms with Gasteiger partial charge in [0.05, 0.1) is 11.1 Å². The van der Waals surface area contributed by atoms with E-state index < -0.39 is 5.41 Å². The van der Waals surface area contributed by atoms with Crippen LogP contribution in [0.15, 0.2) is 224 Å². The molecule has 1 nitrogen and oxygen atoms in total. The predicted molar refractivity (Wildman–Crippen MR) is 247 cm³/mol. The molecule has 0 radical (unpaired) electrons. The molecule has 0 spiro atoms. The van der Waals surface area contributed by atoms with Crippen molar-refractivity contribution in [1.82, 2.24) is 0 Å². The van der Waals surface area contributed by atoms with E-state index in [0.717, 1.165) is 17.1 Å². The summed E-state index contributed by atoms with van der Waals surface area (Å²) >= 11 is 0. The quantitative estimate of drug-likeness (QED) is 0.157. The van der Waals surface area contributed by atoms with Crippen molar-refractivity contribution in [3.05, 3.63) is 258 Å². The van der Waals surface area contributed by atoms with Crippen LogP contribution < -0.4 is 4.90 Å². The maximum atomic E-state index is 2.49. The molecule has 1 heteroatoms. The molecule has 280 valence electrons. The molecule has 2 aliphatic carbocycles. The van der Waals surface area contributed by atoms with Crippen LogP contribution in [0.5, 0.6) is 0 Å². The number of hydrogen-bond acceptors (Lipinski definition) is 1. The predicted octanol–water partition coefficient (Wildman–Crippen LogP) is 15.2. The third-order valence-electron chi connectivity index (χ3n) is 13.0. The Kier molecular flexibility index (Phi) is 8.13. The first-order valence-corrected chi connectivity index (χ1v) is 20.7. The van der Waals surface area contributed by atoms with Crippen LogP contribution in [0.4, 0.5) is 17.1 Å². The monoisotopic (exact) mass is 753 g/mol. The SMILES string of the molecule is CC1(C)c2ccccc2-c2cc(N(c3ccc4c(c3)-c3ccccc3C4(c3ccccc3)c3ccccc3)c3ccccc3-c3ccc(-c4ccccc4)cc3)ccc21. The van der Waals surface area contributed by atoms with Crippen molar-refractivity contribution in [2.45, 2.75) is 24.7 Å². The van der Waals surface area contributed by atoms with Gasteiger partial charge in [0.1, 0.15) is 0 Å². The zero-order valence-electron chi connectivity index (χ0n) is 33.3. The second kappa shape index (κ2) is 13.7. The Hall–Kier alpha value is -7.22. The first kappa shape index (κ1) is 35.0. The summed E-state index contributed by atoms with van der Waals surface area (Å²) in [5, 5.41) is 0. The molecule has 0 heterocycles. The Balaban J connectivity index is 1.14. The van der Waals surface area contributed by atoms with E-state index in [-0.39, 0.29) is 5.41 Å². The Morgan fingerprint density at radius 2 is 0.712 bits per heavy atom. The van der Waals surface area contributed by atoms with Crippen molar-refractivity contribution < 1.29 is 0 Å². The van der Waals surface area contributed by atoms with E-state index >= 15 is 0 Å². The molecule has 0 atom stereocenters. The molecule has 9 aromatic rings. The van der Waals surface area contributed by atoms with Crippen LogP contribution in [0.3, 0.4) is 0 Å². The fourth-order valence-corrected chi connectivity index (χ4v) is 10.2. The molecule has 59 heavy (non-hydrogen) atoms. The largest absolute Gasteiger partial charge is 0.310 e. The Bertz CT molecular complexity index is 2960. The van der Waals surface area contributed by atoms with Crippen molar-refractivity contribution in [2.24, 2.45) is 0 Å². The first-order valence-electron chi connectivity index (χ1n) is 20.7. The molecule has 0 saturated heterocycles. The summed E-state index contributed by atoms with van der Waals surface area (Å²) in [6.45, 7) is 4.71. The molecular formula is C58H43N. The molecule has 0 amide bonds. The minimum absolute atomic E-state index is 0.0802. The van der Waals surface area contributed by atoms with Gasteiger partial charge in [-0.1, -0.05) is 208 Å². The minimum atomic E-state index is -0.459. The molecule has 0 N–H and O–H groups in total. The lowest BCUT2D eigenvalue weighted by atomic mass is 9.68. The zero-order valence-corrected chi connectivity index (χ0v) is 33.3. The summed E-state index contributed by atoms with van der Waals surface area (Å²) in [6, 6.07) is 83.0. The maximum Gasteiger partial charge on any atom is 0.0713 e. The van der Waals surface area contributed by atoms with Gasteiger partial charge >= 0.3 is 0 Å².